The van der Waals surface area contributed by atoms with Crippen LogP contribution in [0.3, 0.4) is 0 Å². The van der Waals surface area contributed by atoms with E-state index in [-0.39, 0.29) is 5.91 Å². The van der Waals surface area contributed by atoms with Crippen LogP contribution in [0.2, 0.25) is 0 Å². The molecule has 0 bridgehead atoms. The Kier molecular flexibility index (Phi) is 4.86. The van der Waals surface area contributed by atoms with Crippen molar-refractivity contribution in [3.63, 3.8) is 0 Å². The molecule has 8 heteroatoms. The van der Waals surface area contributed by atoms with Gasteiger partial charge in [0.25, 0.3) is 5.91 Å². The summed E-state index contributed by atoms with van der Waals surface area (Å²) in [5.74, 6) is 0.147. The minimum atomic E-state index is -0.651. The molecule has 1 N–H and O–H groups in total. The van der Waals surface area contributed by atoms with Crippen molar-refractivity contribution in [2.24, 2.45) is 0 Å². The normalized spacial score (nSPS) is 11.6. The lowest BCUT2D eigenvalue weighted by Gasteiger charge is -2.10. The summed E-state index contributed by atoms with van der Waals surface area (Å²) in [5.41, 5.74) is 1.83. The van der Waals surface area contributed by atoms with Crippen molar-refractivity contribution in [1.82, 2.24) is 20.2 Å². The van der Waals surface area contributed by atoms with Gasteiger partial charge in [0.1, 0.15) is 6.04 Å². The largest absolute Gasteiger partial charge is 0.324 e. The lowest BCUT2D eigenvalue weighted by molar-refractivity contribution is -0.119. The second-order valence-electron chi connectivity index (χ2n) is 5.30. The Labute approximate surface area is 152 Å². The molecule has 0 aliphatic carbocycles. The molecule has 3 aromatic rings. The topological polar surface area (TPSA) is 96.5 Å². The molecule has 1 aromatic heterocycles. The number of carbonyl (C=O) groups excluding carboxylic acids is 1. The highest BCUT2D eigenvalue weighted by atomic mass is 79.9. The van der Waals surface area contributed by atoms with E-state index in [1.807, 2.05) is 30.3 Å². The highest BCUT2D eigenvalue weighted by Crippen LogP contribution is 2.18. The number of nitrogens with zero attached hydrogens (tertiary/aromatic N) is 5. The van der Waals surface area contributed by atoms with Crippen LogP contribution in [0.25, 0.3) is 11.4 Å². The van der Waals surface area contributed by atoms with Gasteiger partial charge in [-0.2, -0.15) is 10.1 Å². The van der Waals surface area contributed by atoms with E-state index in [0.29, 0.717) is 17.1 Å². The number of nitrogens with one attached hydrogen (secondary N) is 1. The van der Waals surface area contributed by atoms with E-state index in [0.717, 1.165) is 10.0 Å². The number of tetrazole rings is 1. The Hall–Kier alpha value is -3.05. The van der Waals surface area contributed by atoms with Crippen molar-refractivity contribution >= 4 is 27.5 Å². The fourth-order valence-corrected chi connectivity index (χ4v) is 2.39. The molecule has 1 amide bonds. The van der Waals surface area contributed by atoms with Gasteiger partial charge in [0.05, 0.1) is 11.6 Å². The summed E-state index contributed by atoms with van der Waals surface area (Å²) in [7, 11) is 0. The molecule has 0 radical (unpaired) electrons. The van der Waals surface area contributed by atoms with Crippen LogP contribution < -0.4 is 5.32 Å². The summed E-state index contributed by atoms with van der Waals surface area (Å²) in [6.45, 7) is 1.68. The Morgan fingerprint density at radius 3 is 2.76 bits per heavy atom. The van der Waals surface area contributed by atoms with E-state index in [1.165, 1.54) is 4.80 Å². The molecule has 0 saturated heterocycles. The molecular formula is C17H13BrN6O. The van der Waals surface area contributed by atoms with Gasteiger partial charge >= 0.3 is 0 Å². The average molecular weight is 397 g/mol. The van der Waals surface area contributed by atoms with Crippen molar-refractivity contribution in [2.45, 2.75) is 13.0 Å². The van der Waals surface area contributed by atoms with E-state index in [2.05, 4.69) is 36.7 Å². The molecular weight excluding hydrogens is 384 g/mol. The predicted octanol–water partition coefficient (Wildman–Crippen LogP) is 3.17. The molecule has 1 heterocycles. The highest BCUT2D eigenvalue weighted by molar-refractivity contribution is 9.10. The second-order valence-corrected chi connectivity index (χ2v) is 6.21. The SMILES string of the molecule is C[C@@H](C(=O)Nc1cccc(C#N)c1)n1nnc(-c2ccc(Br)cc2)n1. The van der Waals surface area contributed by atoms with E-state index in [9.17, 15) is 4.79 Å². The van der Waals surface area contributed by atoms with Gasteiger partial charge in [0, 0.05) is 15.7 Å². The summed E-state index contributed by atoms with van der Waals surface area (Å²) in [4.78, 5) is 13.6. The maximum absolute atomic E-state index is 12.4. The molecule has 0 fully saturated rings. The fraction of sp³-hybridized carbons (Fsp3) is 0.118. The molecule has 0 aliphatic heterocycles. The summed E-state index contributed by atoms with van der Waals surface area (Å²) < 4.78 is 0.955. The molecule has 25 heavy (non-hydrogen) atoms. The van der Waals surface area contributed by atoms with E-state index < -0.39 is 6.04 Å². The maximum atomic E-state index is 12.4. The van der Waals surface area contributed by atoms with Crippen molar-refractivity contribution in [3.8, 4) is 17.5 Å². The molecule has 7 nitrogen and oxygen atoms in total. The quantitative estimate of drug-likeness (QED) is 0.730. The second kappa shape index (κ2) is 7.23. The lowest BCUT2D eigenvalue weighted by atomic mass is 10.2. The number of nitriles is 1. The molecule has 1 atom stereocenters. The zero-order valence-electron chi connectivity index (χ0n) is 13.2. The number of aromatic nitrogens is 4. The Balaban J connectivity index is 1.74. The van der Waals surface area contributed by atoms with Crippen molar-refractivity contribution in [2.75, 3.05) is 5.32 Å². The number of rotatable bonds is 4. The van der Waals surface area contributed by atoms with Gasteiger partial charge in [-0.1, -0.05) is 22.0 Å². The first-order valence-corrected chi connectivity index (χ1v) is 8.22. The smallest absolute Gasteiger partial charge is 0.250 e. The summed E-state index contributed by atoms with van der Waals surface area (Å²) in [6, 6.07) is 15.6. The number of carbonyl (C=O) groups is 1. The van der Waals surface area contributed by atoms with E-state index in [1.54, 1.807) is 31.2 Å². The Morgan fingerprint density at radius 1 is 1.28 bits per heavy atom. The molecule has 0 unspecified atom stereocenters. The fourth-order valence-electron chi connectivity index (χ4n) is 2.12. The standard InChI is InChI=1S/C17H13BrN6O/c1-11(17(25)20-15-4-2-3-12(9-15)10-19)24-22-16(21-23-24)13-5-7-14(18)8-6-13/h2-9,11H,1H3,(H,20,25)/t11-/m0/s1. The zero-order valence-corrected chi connectivity index (χ0v) is 14.8. The van der Waals surface area contributed by atoms with Gasteiger partial charge in [-0.3, -0.25) is 4.79 Å². The van der Waals surface area contributed by atoms with Crippen molar-refractivity contribution in [3.05, 3.63) is 58.6 Å². The molecule has 0 spiro atoms. The molecule has 0 aliphatic rings. The average Bonchev–Trinajstić information content (AvgIpc) is 3.12. The Bertz CT molecular complexity index is 944. The Morgan fingerprint density at radius 2 is 2.04 bits per heavy atom. The van der Waals surface area contributed by atoms with Crippen LogP contribution in [0.5, 0.6) is 0 Å². The van der Waals surface area contributed by atoms with Crippen LogP contribution in [0.15, 0.2) is 53.0 Å². The van der Waals surface area contributed by atoms with Crippen molar-refractivity contribution in [1.29, 1.82) is 5.26 Å². The lowest BCUT2D eigenvalue weighted by Crippen LogP contribution is -2.25. The van der Waals surface area contributed by atoms with Gasteiger partial charge in [-0.15, -0.1) is 10.2 Å². The van der Waals surface area contributed by atoms with E-state index >= 15 is 0 Å². The minimum Gasteiger partial charge on any atom is -0.324 e. The number of benzene rings is 2. The zero-order chi connectivity index (χ0) is 17.8. The van der Waals surface area contributed by atoms with Crippen LogP contribution in [-0.4, -0.2) is 26.1 Å². The number of amides is 1. The van der Waals surface area contributed by atoms with Crippen LogP contribution >= 0.6 is 15.9 Å². The highest BCUT2D eigenvalue weighted by Gasteiger charge is 2.19. The molecule has 2 aromatic carbocycles. The monoisotopic (exact) mass is 396 g/mol. The maximum Gasteiger partial charge on any atom is 0.250 e. The number of hydrogen-bond donors (Lipinski definition) is 1. The third-order valence-electron chi connectivity index (χ3n) is 3.52. The minimum absolute atomic E-state index is 0.296. The third-order valence-corrected chi connectivity index (χ3v) is 4.04. The summed E-state index contributed by atoms with van der Waals surface area (Å²) in [5, 5.41) is 23.9. The first-order valence-electron chi connectivity index (χ1n) is 7.43. The predicted molar refractivity (Wildman–Crippen MR) is 95.5 cm³/mol. The first-order chi connectivity index (χ1) is 12.1. The number of hydrogen-bond acceptors (Lipinski definition) is 5. The van der Waals surface area contributed by atoms with Gasteiger partial charge in [-0.05, 0) is 54.6 Å². The van der Waals surface area contributed by atoms with Crippen LogP contribution in [0.4, 0.5) is 5.69 Å². The van der Waals surface area contributed by atoms with Crippen LogP contribution in [0, 0.1) is 11.3 Å². The summed E-state index contributed by atoms with van der Waals surface area (Å²) >= 11 is 3.37. The summed E-state index contributed by atoms with van der Waals surface area (Å²) in [6.07, 6.45) is 0. The first kappa shape index (κ1) is 16.8. The van der Waals surface area contributed by atoms with Crippen molar-refractivity contribution < 1.29 is 4.79 Å². The molecule has 3 rings (SSSR count). The van der Waals surface area contributed by atoms with Gasteiger partial charge in [0.15, 0.2) is 0 Å². The number of halogens is 1. The van der Waals surface area contributed by atoms with Crippen LogP contribution in [0.1, 0.15) is 18.5 Å². The van der Waals surface area contributed by atoms with Crippen LogP contribution in [-0.2, 0) is 4.79 Å². The van der Waals surface area contributed by atoms with Gasteiger partial charge < -0.3 is 5.32 Å². The third kappa shape index (κ3) is 3.89. The van der Waals surface area contributed by atoms with Gasteiger partial charge in [0.2, 0.25) is 5.82 Å². The molecule has 0 saturated carbocycles. The number of anilines is 1. The van der Waals surface area contributed by atoms with E-state index in [4.69, 9.17) is 5.26 Å². The molecule has 124 valence electrons. The van der Waals surface area contributed by atoms with Gasteiger partial charge in [-0.25, -0.2) is 0 Å².